The van der Waals surface area contributed by atoms with Crippen molar-refractivity contribution in [3.05, 3.63) is 52.7 Å². The van der Waals surface area contributed by atoms with Crippen molar-refractivity contribution in [3.8, 4) is 0 Å². The standard InChI is InChI=1S/C11H10ClN3/c12-9-3-1-2-8(6-9)7-10-4-5-11(13)15-14-10/h1-6H,7H2,(H2,13,15). The van der Waals surface area contributed by atoms with Gasteiger partial charge in [0.2, 0.25) is 0 Å². The maximum atomic E-state index is 5.88. The van der Waals surface area contributed by atoms with Crippen LogP contribution < -0.4 is 5.73 Å². The normalized spacial score (nSPS) is 10.2. The van der Waals surface area contributed by atoms with Gasteiger partial charge in [0.1, 0.15) is 5.82 Å². The van der Waals surface area contributed by atoms with Crippen LogP contribution in [0.2, 0.25) is 5.02 Å². The molecule has 0 spiro atoms. The average Bonchev–Trinajstić information content (AvgIpc) is 2.22. The van der Waals surface area contributed by atoms with Crippen LogP contribution in [0.25, 0.3) is 0 Å². The van der Waals surface area contributed by atoms with E-state index in [1.165, 1.54) is 0 Å². The van der Waals surface area contributed by atoms with Crippen LogP contribution in [0.5, 0.6) is 0 Å². The summed E-state index contributed by atoms with van der Waals surface area (Å²) >= 11 is 5.88. The Morgan fingerprint density at radius 1 is 1.13 bits per heavy atom. The molecule has 0 aliphatic heterocycles. The lowest BCUT2D eigenvalue weighted by atomic mass is 10.1. The Balaban J connectivity index is 2.18. The van der Waals surface area contributed by atoms with E-state index in [-0.39, 0.29) is 0 Å². The first-order valence-corrected chi connectivity index (χ1v) is 4.94. The third kappa shape index (κ3) is 2.67. The van der Waals surface area contributed by atoms with Crippen molar-refractivity contribution < 1.29 is 0 Å². The summed E-state index contributed by atoms with van der Waals surface area (Å²) in [5.74, 6) is 0.435. The van der Waals surface area contributed by atoms with E-state index in [1.807, 2.05) is 30.3 Å². The molecule has 0 aliphatic carbocycles. The summed E-state index contributed by atoms with van der Waals surface area (Å²) in [6.07, 6.45) is 0.716. The number of hydrogen-bond acceptors (Lipinski definition) is 3. The zero-order chi connectivity index (χ0) is 10.7. The molecular weight excluding hydrogens is 210 g/mol. The highest BCUT2D eigenvalue weighted by Gasteiger charge is 1.99. The van der Waals surface area contributed by atoms with Gasteiger partial charge in [-0.25, -0.2) is 0 Å². The molecule has 1 aromatic heterocycles. The quantitative estimate of drug-likeness (QED) is 0.843. The van der Waals surface area contributed by atoms with Crippen LogP contribution in [0, 0.1) is 0 Å². The molecule has 4 heteroatoms. The minimum Gasteiger partial charge on any atom is -0.382 e. The second-order valence-corrected chi connectivity index (χ2v) is 3.69. The monoisotopic (exact) mass is 219 g/mol. The molecule has 2 aromatic rings. The van der Waals surface area contributed by atoms with E-state index in [9.17, 15) is 0 Å². The van der Waals surface area contributed by atoms with Crippen LogP contribution >= 0.6 is 11.6 Å². The van der Waals surface area contributed by atoms with Gasteiger partial charge < -0.3 is 5.73 Å². The van der Waals surface area contributed by atoms with E-state index in [0.29, 0.717) is 12.2 Å². The van der Waals surface area contributed by atoms with E-state index < -0.39 is 0 Å². The fourth-order valence-corrected chi connectivity index (χ4v) is 1.53. The molecule has 0 saturated carbocycles. The highest BCUT2D eigenvalue weighted by atomic mass is 35.5. The lowest BCUT2D eigenvalue weighted by molar-refractivity contribution is 0.945. The molecule has 76 valence electrons. The minimum absolute atomic E-state index is 0.435. The van der Waals surface area contributed by atoms with Gasteiger partial charge in [-0.15, -0.1) is 5.10 Å². The van der Waals surface area contributed by atoms with Gasteiger partial charge in [-0.1, -0.05) is 23.7 Å². The van der Waals surface area contributed by atoms with Gasteiger partial charge in [-0.2, -0.15) is 5.10 Å². The van der Waals surface area contributed by atoms with Crippen LogP contribution in [0.1, 0.15) is 11.3 Å². The number of rotatable bonds is 2. The molecule has 3 nitrogen and oxygen atoms in total. The zero-order valence-electron chi connectivity index (χ0n) is 8.02. The number of anilines is 1. The first-order chi connectivity index (χ1) is 7.24. The zero-order valence-corrected chi connectivity index (χ0v) is 8.78. The third-order valence-electron chi connectivity index (χ3n) is 2.01. The molecule has 0 saturated heterocycles. The lowest BCUT2D eigenvalue weighted by Crippen LogP contribution is -1.97. The number of nitrogen functional groups attached to an aromatic ring is 1. The number of nitrogens with two attached hydrogens (primary N) is 1. The van der Waals surface area contributed by atoms with Gasteiger partial charge in [0, 0.05) is 11.4 Å². The Morgan fingerprint density at radius 3 is 2.67 bits per heavy atom. The van der Waals surface area contributed by atoms with Crippen LogP contribution in [0.4, 0.5) is 5.82 Å². The second kappa shape index (κ2) is 4.28. The SMILES string of the molecule is Nc1ccc(Cc2cccc(Cl)c2)nn1. The van der Waals surface area contributed by atoms with Gasteiger partial charge in [0.15, 0.2) is 0 Å². The van der Waals surface area contributed by atoms with Crippen molar-refractivity contribution in [2.75, 3.05) is 5.73 Å². The smallest absolute Gasteiger partial charge is 0.146 e. The maximum absolute atomic E-state index is 5.88. The molecule has 2 rings (SSSR count). The van der Waals surface area contributed by atoms with Crippen molar-refractivity contribution >= 4 is 17.4 Å². The van der Waals surface area contributed by atoms with Crippen LogP contribution in [-0.2, 0) is 6.42 Å². The molecule has 2 N–H and O–H groups in total. The second-order valence-electron chi connectivity index (χ2n) is 3.26. The van der Waals surface area contributed by atoms with Gasteiger partial charge in [-0.3, -0.25) is 0 Å². The van der Waals surface area contributed by atoms with E-state index in [0.717, 1.165) is 16.3 Å². The molecular formula is C11H10ClN3. The summed E-state index contributed by atoms with van der Waals surface area (Å²) in [7, 11) is 0. The van der Waals surface area contributed by atoms with Crippen molar-refractivity contribution in [2.45, 2.75) is 6.42 Å². The van der Waals surface area contributed by atoms with Gasteiger partial charge in [0.05, 0.1) is 5.69 Å². The molecule has 0 aliphatic rings. The number of halogens is 1. The summed E-state index contributed by atoms with van der Waals surface area (Å²) in [5, 5.41) is 8.51. The van der Waals surface area contributed by atoms with Crippen molar-refractivity contribution in [3.63, 3.8) is 0 Å². The topological polar surface area (TPSA) is 51.8 Å². The largest absolute Gasteiger partial charge is 0.382 e. The van der Waals surface area contributed by atoms with Crippen molar-refractivity contribution in [1.29, 1.82) is 0 Å². The molecule has 0 unspecified atom stereocenters. The Morgan fingerprint density at radius 2 is 2.00 bits per heavy atom. The summed E-state index contributed by atoms with van der Waals surface area (Å²) in [5.41, 5.74) is 7.44. The van der Waals surface area contributed by atoms with Crippen molar-refractivity contribution in [2.24, 2.45) is 0 Å². The van der Waals surface area contributed by atoms with Crippen LogP contribution in [-0.4, -0.2) is 10.2 Å². The van der Waals surface area contributed by atoms with Crippen LogP contribution in [0.3, 0.4) is 0 Å². The molecule has 1 aromatic carbocycles. The van der Waals surface area contributed by atoms with E-state index >= 15 is 0 Å². The average molecular weight is 220 g/mol. The highest BCUT2D eigenvalue weighted by molar-refractivity contribution is 6.30. The predicted octanol–water partition coefficient (Wildman–Crippen LogP) is 2.30. The Labute approximate surface area is 92.9 Å². The Kier molecular flexibility index (Phi) is 2.83. The molecule has 0 fully saturated rings. The molecule has 0 bridgehead atoms. The van der Waals surface area contributed by atoms with Crippen LogP contribution in [0.15, 0.2) is 36.4 Å². The molecule has 15 heavy (non-hydrogen) atoms. The van der Waals surface area contributed by atoms with E-state index in [1.54, 1.807) is 6.07 Å². The van der Waals surface area contributed by atoms with Gasteiger partial charge >= 0.3 is 0 Å². The Hall–Kier alpha value is -1.61. The molecule has 1 heterocycles. The van der Waals surface area contributed by atoms with E-state index in [2.05, 4.69) is 10.2 Å². The van der Waals surface area contributed by atoms with Crippen molar-refractivity contribution in [1.82, 2.24) is 10.2 Å². The summed E-state index contributed by atoms with van der Waals surface area (Å²) in [6.45, 7) is 0. The number of benzene rings is 1. The number of nitrogens with zero attached hydrogens (tertiary/aromatic N) is 2. The molecule has 0 atom stereocenters. The highest BCUT2D eigenvalue weighted by Crippen LogP contribution is 2.13. The number of aromatic nitrogens is 2. The summed E-state index contributed by atoms with van der Waals surface area (Å²) in [6, 6.07) is 11.3. The molecule has 0 amide bonds. The first-order valence-electron chi connectivity index (χ1n) is 4.56. The fraction of sp³-hybridized carbons (Fsp3) is 0.0909. The summed E-state index contributed by atoms with van der Waals surface area (Å²) < 4.78 is 0. The molecule has 0 radical (unpaired) electrons. The summed E-state index contributed by atoms with van der Waals surface area (Å²) in [4.78, 5) is 0. The lowest BCUT2D eigenvalue weighted by Gasteiger charge is -2.01. The Bertz CT molecular complexity index is 454. The predicted molar refractivity (Wildman–Crippen MR) is 60.7 cm³/mol. The number of hydrogen-bond donors (Lipinski definition) is 1. The van der Waals surface area contributed by atoms with Gasteiger partial charge in [-0.05, 0) is 29.8 Å². The fourth-order valence-electron chi connectivity index (χ4n) is 1.32. The first kappa shape index (κ1) is 9.93. The van der Waals surface area contributed by atoms with Gasteiger partial charge in [0.25, 0.3) is 0 Å². The maximum Gasteiger partial charge on any atom is 0.146 e. The third-order valence-corrected chi connectivity index (χ3v) is 2.25. The van der Waals surface area contributed by atoms with E-state index in [4.69, 9.17) is 17.3 Å². The minimum atomic E-state index is 0.435.